The third kappa shape index (κ3) is 5.89. The molecule has 0 aliphatic carbocycles. The average molecular weight is 446 g/mol. The second kappa shape index (κ2) is 10.5. The fourth-order valence-electron chi connectivity index (χ4n) is 3.56. The Labute approximate surface area is 184 Å². The monoisotopic (exact) mass is 445 g/mol. The molecule has 0 radical (unpaired) electrons. The molecule has 1 atom stereocenters. The predicted octanol–water partition coefficient (Wildman–Crippen LogP) is 1.94. The summed E-state index contributed by atoms with van der Waals surface area (Å²) in [6.45, 7) is 5.05. The van der Waals surface area contributed by atoms with Gasteiger partial charge in [0, 0.05) is 25.7 Å². The van der Waals surface area contributed by atoms with E-state index in [0.29, 0.717) is 6.54 Å². The van der Waals surface area contributed by atoms with Crippen molar-refractivity contribution in [3.63, 3.8) is 0 Å². The van der Waals surface area contributed by atoms with Gasteiger partial charge in [0.2, 0.25) is 10.0 Å². The third-order valence-corrected chi connectivity index (χ3v) is 6.65. The maximum absolute atomic E-state index is 11.9. The summed E-state index contributed by atoms with van der Waals surface area (Å²) in [5, 5.41) is 6.81. The molecule has 3 rings (SSSR count). The fraction of sp³-hybridized carbons (Fsp3) is 0.409. The van der Waals surface area contributed by atoms with Gasteiger partial charge in [-0.1, -0.05) is 24.3 Å². The Morgan fingerprint density at radius 1 is 1.19 bits per heavy atom. The lowest BCUT2D eigenvalue weighted by atomic mass is 10.2. The van der Waals surface area contributed by atoms with E-state index in [4.69, 9.17) is 4.74 Å². The molecule has 8 nitrogen and oxygen atoms in total. The van der Waals surface area contributed by atoms with Crippen molar-refractivity contribution in [2.24, 2.45) is 4.99 Å². The highest BCUT2D eigenvalue weighted by Gasteiger charge is 2.25. The molecule has 2 aromatic carbocycles. The van der Waals surface area contributed by atoms with E-state index in [2.05, 4.69) is 31.3 Å². The molecule has 1 unspecified atom stereocenters. The van der Waals surface area contributed by atoms with Crippen LogP contribution in [-0.4, -0.2) is 54.2 Å². The highest BCUT2D eigenvalue weighted by molar-refractivity contribution is 7.89. The molecule has 9 heteroatoms. The van der Waals surface area contributed by atoms with Gasteiger partial charge in [-0.15, -0.1) is 0 Å². The van der Waals surface area contributed by atoms with Crippen molar-refractivity contribution in [2.75, 3.05) is 38.7 Å². The van der Waals surface area contributed by atoms with Gasteiger partial charge in [0.05, 0.1) is 24.2 Å². The molecule has 0 spiro atoms. The number of nitrogens with one attached hydrogen (secondary N) is 3. The topological polar surface area (TPSA) is 95.1 Å². The highest BCUT2D eigenvalue weighted by Crippen LogP contribution is 2.30. The van der Waals surface area contributed by atoms with Crippen LogP contribution in [0.15, 0.2) is 58.4 Å². The molecular formula is C22H31N5O3S. The molecular weight excluding hydrogens is 414 g/mol. The molecule has 1 fully saturated rings. The van der Waals surface area contributed by atoms with Crippen molar-refractivity contribution in [1.82, 2.24) is 15.4 Å². The number of rotatable bonds is 8. The number of anilines is 1. The lowest BCUT2D eigenvalue weighted by molar-refractivity contribution is 0.415. The summed E-state index contributed by atoms with van der Waals surface area (Å²) in [6.07, 6.45) is 0.999. The van der Waals surface area contributed by atoms with Crippen LogP contribution in [0.2, 0.25) is 0 Å². The second-order valence-electron chi connectivity index (χ2n) is 7.29. The summed E-state index contributed by atoms with van der Waals surface area (Å²) in [7, 11) is -0.330. The van der Waals surface area contributed by atoms with Crippen molar-refractivity contribution in [3.8, 4) is 5.75 Å². The number of guanidine groups is 1. The van der Waals surface area contributed by atoms with E-state index < -0.39 is 10.0 Å². The predicted molar refractivity (Wildman–Crippen MR) is 124 cm³/mol. The summed E-state index contributed by atoms with van der Waals surface area (Å²) >= 11 is 0. The molecule has 168 valence electrons. The molecule has 31 heavy (non-hydrogen) atoms. The molecule has 0 amide bonds. The van der Waals surface area contributed by atoms with Crippen molar-refractivity contribution >= 4 is 21.7 Å². The van der Waals surface area contributed by atoms with Gasteiger partial charge in [-0.2, -0.15) is 0 Å². The van der Waals surface area contributed by atoms with Crippen LogP contribution >= 0.6 is 0 Å². The molecule has 1 aliphatic heterocycles. The first-order chi connectivity index (χ1) is 15.0. The minimum atomic E-state index is -3.43. The molecule has 0 bridgehead atoms. The summed E-state index contributed by atoms with van der Waals surface area (Å²) in [5.41, 5.74) is 2.04. The standard InChI is InChI=1S/C22H31N5O3S/c1-4-24-22(25-15-17-9-11-19(12-10-17)31(28,29)23-2)26-18-13-14-27(16-18)20-7-5-6-8-21(20)30-3/h5-12,18,23H,4,13-16H2,1-3H3,(H2,24,25,26). The van der Waals surface area contributed by atoms with E-state index in [-0.39, 0.29) is 10.9 Å². The lowest BCUT2D eigenvalue weighted by Gasteiger charge is -2.22. The summed E-state index contributed by atoms with van der Waals surface area (Å²) in [5.74, 6) is 1.63. The van der Waals surface area contributed by atoms with E-state index in [1.54, 1.807) is 31.4 Å². The quantitative estimate of drug-likeness (QED) is 0.425. The Bertz CT molecular complexity index is 992. The Morgan fingerprint density at radius 2 is 1.94 bits per heavy atom. The van der Waals surface area contributed by atoms with Gasteiger partial charge in [0.25, 0.3) is 0 Å². The number of aliphatic imine (C=N–C) groups is 1. The minimum absolute atomic E-state index is 0.246. The van der Waals surface area contributed by atoms with Crippen LogP contribution in [0.3, 0.4) is 0 Å². The molecule has 1 heterocycles. The average Bonchev–Trinajstić information content (AvgIpc) is 3.26. The molecule has 0 aromatic heterocycles. The first-order valence-electron chi connectivity index (χ1n) is 10.4. The van der Waals surface area contributed by atoms with E-state index >= 15 is 0 Å². The normalized spacial score (nSPS) is 16.9. The SMILES string of the molecule is CCNC(=NCc1ccc(S(=O)(=O)NC)cc1)NC1CCN(c2ccccc2OC)C1. The highest BCUT2D eigenvalue weighted by atomic mass is 32.2. The van der Waals surface area contributed by atoms with Crippen LogP contribution in [0.5, 0.6) is 5.75 Å². The third-order valence-electron chi connectivity index (χ3n) is 5.22. The second-order valence-corrected chi connectivity index (χ2v) is 9.18. The number of hydrogen-bond acceptors (Lipinski definition) is 5. The van der Waals surface area contributed by atoms with Gasteiger partial charge in [-0.25, -0.2) is 18.1 Å². The van der Waals surface area contributed by atoms with Crippen LogP contribution in [-0.2, 0) is 16.6 Å². The first-order valence-corrected chi connectivity index (χ1v) is 11.9. The van der Waals surface area contributed by atoms with E-state index in [9.17, 15) is 8.42 Å². The van der Waals surface area contributed by atoms with Gasteiger partial charge in [-0.3, -0.25) is 0 Å². The zero-order valence-electron chi connectivity index (χ0n) is 18.3. The van der Waals surface area contributed by atoms with Crippen molar-refractivity contribution in [2.45, 2.75) is 30.8 Å². The van der Waals surface area contributed by atoms with Gasteiger partial charge in [-0.05, 0) is 50.2 Å². The number of ether oxygens (including phenoxy) is 1. The summed E-state index contributed by atoms with van der Waals surface area (Å²) < 4.78 is 31.5. The number of nitrogens with zero attached hydrogens (tertiary/aromatic N) is 2. The van der Waals surface area contributed by atoms with Crippen LogP contribution in [0.1, 0.15) is 18.9 Å². The molecule has 1 aliphatic rings. The van der Waals surface area contributed by atoms with Gasteiger partial charge in [0.1, 0.15) is 5.75 Å². The van der Waals surface area contributed by atoms with Crippen molar-refractivity contribution in [3.05, 3.63) is 54.1 Å². The molecule has 0 saturated carbocycles. The maximum atomic E-state index is 11.9. The summed E-state index contributed by atoms with van der Waals surface area (Å²) in [4.78, 5) is 7.24. The number of sulfonamides is 1. The number of para-hydroxylation sites is 2. The molecule has 1 saturated heterocycles. The molecule has 2 aromatic rings. The van der Waals surface area contributed by atoms with Crippen molar-refractivity contribution in [1.29, 1.82) is 0 Å². The van der Waals surface area contributed by atoms with Crippen LogP contribution in [0, 0.1) is 0 Å². The Kier molecular flexibility index (Phi) is 7.75. The smallest absolute Gasteiger partial charge is 0.240 e. The van der Waals surface area contributed by atoms with E-state index in [1.165, 1.54) is 7.05 Å². The van der Waals surface area contributed by atoms with Crippen LogP contribution < -0.4 is 25.0 Å². The zero-order chi connectivity index (χ0) is 22.3. The zero-order valence-corrected chi connectivity index (χ0v) is 19.1. The van der Waals surface area contributed by atoms with Crippen molar-refractivity contribution < 1.29 is 13.2 Å². The Morgan fingerprint density at radius 3 is 2.61 bits per heavy atom. The fourth-order valence-corrected chi connectivity index (χ4v) is 4.29. The molecule has 3 N–H and O–H groups in total. The van der Waals surface area contributed by atoms with E-state index in [0.717, 1.165) is 49.0 Å². The van der Waals surface area contributed by atoms with Gasteiger partial charge >= 0.3 is 0 Å². The largest absolute Gasteiger partial charge is 0.495 e. The lowest BCUT2D eigenvalue weighted by Crippen LogP contribution is -2.44. The van der Waals surface area contributed by atoms with Gasteiger partial charge in [0.15, 0.2) is 5.96 Å². The maximum Gasteiger partial charge on any atom is 0.240 e. The van der Waals surface area contributed by atoms with Crippen LogP contribution in [0.25, 0.3) is 0 Å². The Hall–Kier alpha value is -2.78. The first kappa shape index (κ1) is 22.9. The van der Waals surface area contributed by atoms with Gasteiger partial charge < -0.3 is 20.3 Å². The number of methoxy groups -OCH3 is 1. The van der Waals surface area contributed by atoms with E-state index in [1.807, 2.05) is 25.1 Å². The number of benzene rings is 2. The summed E-state index contributed by atoms with van der Waals surface area (Å²) in [6, 6.07) is 15.1. The number of hydrogen-bond donors (Lipinski definition) is 3. The minimum Gasteiger partial charge on any atom is -0.495 e. The van der Waals surface area contributed by atoms with Crippen LogP contribution in [0.4, 0.5) is 5.69 Å². The Balaban J connectivity index is 1.63.